The van der Waals surface area contributed by atoms with E-state index in [4.69, 9.17) is 0 Å². The summed E-state index contributed by atoms with van der Waals surface area (Å²) in [5.41, 5.74) is 0.444. The van der Waals surface area contributed by atoms with E-state index in [0.29, 0.717) is 12.2 Å². The Labute approximate surface area is 94.8 Å². The summed E-state index contributed by atoms with van der Waals surface area (Å²) in [6.07, 6.45) is 0. The largest absolute Gasteiger partial charge is 0.372 e. The quantitative estimate of drug-likeness (QED) is 0.652. The van der Waals surface area contributed by atoms with Crippen LogP contribution in [-0.4, -0.2) is 26.8 Å². The predicted octanol–water partition coefficient (Wildman–Crippen LogP) is 1.83. The lowest BCUT2D eigenvalue weighted by Gasteiger charge is -2.37. The first-order valence-corrected chi connectivity index (χ1v) is 6.49. The van der Waals surface area contributed by atoms with Gasteiger partial charge in [0.15, 0.2) is 9.84 Å². The Morgan fingerprint density at radius 1 is 1.38 bits per heavy atom. The normalized spacial score (nSPS) is 21.6. The molecule has 1 aliphatic rings. The highest BCUT2D eigenvalue weighted by Crippen LogP contribution is 2.38. The molecule has 3 nitrogen and oxygen atoms in total. The summed E-state index contributed by atoms with van der Waals surface area (Å²) < 4.78 is 36.7. The van der Waals surface area contributed by atoms with Crippen molar-refractivity contribution >= 4 is 15.5 Å². The highest BCUT2D eigenvalue weighted by atomic mass is 32.2. The molecule has 2 rings (SSSR count). The number of nitrogens with zero attached hydrogens (tertiary/aromatic N) is 1. The zero-order valence-corrected chi connectivity index (χ0v) is 10.3. The van der Waals surface area contributed by atoms with Crippen molar-refractivity contribution in [3.8, 4) is 0 Å². The molecule has 0 N–H and O–H groups in total. The van der Waals surface area contributed by atoms with Crippen molar-refractivity contribution in [2.45, 2.75) is 23.5 Å². The number of rotatable bonds is 0. The smallest absolute Gasteiger partial charge is 0.187 e. The van der Waals surface area contributed by atoms with E-state index in [1.54, 1.807) is 25.8 Å². The van der Waals surface area contributed by atoms with Crippen LogP contribution in [0.2, 0.25) is 0 Å². The van der Waals surface area contributed by atoms with Gasteiger partial charge in [0, 0.05) is 13.6 Å². The first-order chi connectivity index (χ1) is 7.25. The fraction of sp³-hybridized carbons (Fsp3) is 0.455. The van der Waals surface area contributed by atoms with Crippen molar-refractivity contribution in [1.29, 1.82) is 0 Å². The van der Waals surface area contributed by atoms with E-state index in [-0.39, 0.29) is 4.90 Å². The monoisotopic (exact) mass is 243 g/mol. The predicted molar refractivity (Wildman–Crippen MR) is 60.9 cm³/mol. The van der Waals surface area contributed by atoms with Crippen LogP contribution in [0.5, 0.6) is 0 Å². The zero-order chi connectivity index (χ0) is 12.1. The highest BCUT2D eigenvalue weighted by molar-refractivity contribution is 7.93. The molecule has 88 valence electrons. The molecule has 0 saturated carbocycles. The number of halogens is 1. The van der Waals surface area contributed by atoms with Gasteiger partial charge < -0.3 is 4.90 Å². The molecule has 0 unspecified atom stereocenters. The zero-order valence-electron chi connectivity index (χ0n) is 9.49. The molecule has 0 amide bonds. The van der Waals surface area contributed by atoms with Crippen molar-refractivity contribution < 1.29 is 12.8 Å². The van der Waals surface area contributed by atoms with Gasteiger partial charge in [0.1, 0.15) is 5.82 Å². The average Bonchev–Trinajstić information content (AvgIpc) is 2.14. The maximum atomic E-state index is 13.1. The molecular weight excluding hydrogens is 229 g/mol. The van der Waals surface area contributed by atoms with E-state index in [1.165, 1.54) is 18.2 Å². The van der Waals surface area contributed by atoms with Crippen LogP contribution in [0.1, 0.15) is 13.8 Å². The minimum absolute atomic E-state index is 0.215. The number of fused-ring (bicyclic) bond motifs is 1. The molecule has 0 atom stereocenters. The van der Waals surface area contributed by atoms with Gasteiger partial charge in [0.2, 0.25) is 0 Å². The van der Waals surface area contributed by atoms with Gasteiger partial charge in [-0.25, -0.2) is 12.8 Å². The van der Waals surface area contributed by atoms with Gasteiger partial charge in [-0.2, -0.15) is 0 Å². The minimum atomic E-state index is -3.38. The first-order valence-electron chi connectivity index (χ1n) is 5.01. The third-order valence-corrected chi connectivity index (χ3v) is 5.48. The van der Waals surface area contributed by atoms with Crippen LogP contribution in [-0.2, 0) is 9.84 Å². The van der Waals surface area contributed by atoms with Crippen LogP contribution in [0, 0.1) is 5.82 Å². The van der Waals surface area contributed by atoms with E-state index in [0.717, 1.165) is 0 Å². The maximum absolute atomic E-state index is 13.1. The summed E-state index contributed by atoms with van der Waals surface area (Å²) in [6.45, 7) is 3.74. The Kier molecular flexibility index (Phi) is 2.28. The Hall–Kier alpha value is -1.10. The molecule has 5 heteroatoms. The van der Waals surface area contributed by atoms with Crippen molar-refractivity contribution in [3.63, 3.8) is 0 Å². The Morgan fingerprint density at radius 2 is 2.00 bits per heavy atom. The molecule has 0 aliphatic carbocycles. The van der Waals surface area contributed by atoms with Crippen molar-refractivity contribution in [3.05, 3.63) is 24.0 Å². The molecule has 1 aromatic rings. The summed E-state index contributed by atoms with van der Waals surface area (Å²) in [5.74, 6) is -0.416. The fourth-order valence-electron chi connectivity index (χ4n) is 2.06. The van der Waals surface area contributed by atoms with Crippen LogP contribution in [0.25, 0.3) is 0 Å². The van der Waals surface area contributed by atoms with Crippen molar-refractivity contribution in [1.82, 2.24) is 0 Å². The number of hydrogen-bond donors (Lipinski definition) is 0. The number of benzene rings is 1. The molecule has 0 bridgehead atoms. The Balaban J connectivity index is 2.75. The second-order valence-electron chi connectivity index (χ2n) is 4.73. The molecule has 0 spiro atoms. The average molecular weight is 243 g/mol. The molecule has 1 heterocycles. The number of sulfone groups is 1. The summed E-state index contributed by atoms with van der Waals surface area (Å²) in [6, 6.07) is 3.80. The molecule has 0 saturated heterocycles. The summed E-state index contributed by atoms with van der Waals surface area (Å²) in [5, 5.41) is 0. The molecular formula is C11H14FNO2S. The molecule has 0 fully saturated rings. The Bertz CT molecular complexity index is 537. The van der Waals surface area contributed by atoms with Gasteiger partial charge in [-0.05, 0) is 32.0 Å². The Morgan fingerprint density at radius 3 is 2.62 bits per heavy atom. The van der Waals surface area contributed by atoms with Crippen LogP contribution in [0.4, 0.5) is 10.1 Å². The first kappa shape index (κ1) is 11.4. The topological polar surface area (TPSA) is 37.4 Å². The summed E-state index contributed by atoms with van der Waals surface area (Å²) in [7, 11) is -1.61. The highest BCUT2D eigenvalue weighted by Gasteiger charge is 2.42. The molecule has 1 aromatic carbocycles. The van der Waals surface area contributed by atoms with E-state index < -0.39 is 20.4 Å². The SMILES string of the molecule is CN1CC(C)(C)S(=O)(=O)c2ccc(F)cc21. The van der Waals surface area contributed by atoms with Crippen LogP contribution in [0.3, 0.4) is 0 Å². The standard InChI is InChI=1S/C11H14FNO2S/c1-11(2)7-13(3)9-6-8(12)4-5-10(9)16(11,14)15/h4-6H,7H2,1-3H3. The van der Waals surface area contributed by atoms with Crippen molar-refractivity contribution in [2.24, 2.45) is 0 Å². The summed E-state index contributed by atoms with van der Waals surface area (Å²) >= 11 is 0. The number of hydrogen-bond acceptors (Lipinski definition) is 3. The number of anilines is 1. The van der Waals surface area contributed by atoms with Crippen molar-refractivity contribution in [2.75, 3.05) is 18.5 Å². The fourth-order valence-corrected chi connectivity index (χ4v) is 3.75. The molecule has 1 aliphatic heterocycles. The minimum Gasteiger partial charge on any atom is -0.372 e. The van der Waals surface area contributed by atoms with Gasteiger partial charge in [-0.3, -0.25) is 0 Å². The maximum Gasteiger partial charge on any atom is 0.187 e. The van der Waals surface area contributed by atoms with E-state index >= 15 is 0 Å². The second-order valence-corrected chi connectivity index (χ2v) is 7.28. The van der Waals surface area contributed by atoms with Crippen LogP contribution < -0.4 is 4.90 Å². The van der Waals surface area contributed by atoms with E-state index in [1.807, 2.05) is 0 Å². The third kappa shape index (κ3) is 1.42. The van der Waals surface area contributed by atoms with Gasteiger partial charge in [0.25, 0.3) is 0 Å². The summed E-state index contributed by atoms with van der Waals surface area (Å²) in [4.78, 5) is 1.99. The second kappa shape index (κ2) is 3.20. The van der Waals surface area contributed by atoms with Crippen LogP contribution >= 0.6 is 0 Å². The lowest BCUT2D eigenvalue weighted by Crippen LogP contribution is -2.47. The van der Waals surface area contributed by atoms with E-state index in [9.17, 15) is 12.8 Å². The third-order valence-electron chi connectivity index (χ3n) is 2.97. The van der Waals surface area contributed by atoms with Gasteiger partial charge in [-0.1, -0.05) is 0 Å². The lowest BCUT2D eigenvalue weighted by atomic mass is 10.1. The van der Waals surface area contributed by atoms with Crippen LogP contribution in [0.15, 0.2) is 23.1 Å². The molecule has 16 heavy (non-hydrogen) atoms. The molecule has 0 radical (unpaired) electrons. The van der Waals surface area contributed by atoms with Gasteiger partial charge in [-0.15, -0.1) is 0 Å². The van der Waals surface area contributed by atoms with E-state index in [2.05, 4.69) is 0 Å². The molecule has 0 aromatic heterocycles. The van der Waals surface area contributed by atoms with Gasteiger partial charge in [0.05, 0.1) is 15.3 Å². The van der Waals surface area contributed by atoms with Gasteiger partial charge >= 0.3 is 0 Å². The lowest BCUT2D eigenvalue weighted by molar-refractivity contribution is 0.533.